The van der Waals surface area contributed by atoms with Gasteiger partial charge in [-0.2, -0.15) is 0 Å². The molecule has 0 aromatic rings. The molecule has 15 heavy (non-hydrogen) atoms. The van der Waals surface area contributed by atoms with Crippen LogP contribution in [0.15, 0.2) is 0 Å². The van der Waals surface area contributed by atoms with E-state index in [4.69, 9.17) is 0 Å². The van der Waals surface area contributed by atoms with Gasteiger partial charge in [-0.3, -0.25) is 4.79 Å². The molecule has 2 fully saturated rings. The molecule has 0 aliphatic heterocycles. The highest BCUT2D eigenvalue weighted by Gasteiger charge is 2.44. The van der Waals surface area contributed by atoms with Crippen LogP contribution in [0.3, 0.4) is 0 Å². The summed E-state index contributed by atoms with van der Waals surface area (Å²) in [5.74, 6) is 3.81. The monoisotopic (exact) mass is 208 g/mol. The fourth-order valence-electron chi connectivity index (χ4n) is 3.16. The first kappa shape index (κ1) is 11.2. The Morgan fingerprint density at radius 2 is 1.87 bits per heavy atom. The summed E-state index contributed by atoms with van der Waals surface area (Å²) in [6.07, 6.45) is 5.98. The Kier molecular flexibility index (Phi) is 3.18. The number of hydrogen-bond donors (Lipinski definition) is 0. The van der Waals surface area contributed by atoms with E-state index in [1.807, 2.05) is 0 Å². The largest absolute Gasteiger partial charge is 0.299 e. The van der Waals surface area contributed by atoms with Crippen molar-refractivity contribution in [2.75, 3.05) is 0 Å². The molecule has 0 bridgehead atoms. The predicted octanol–water partition coefficient (Wildman–Crippen LogP) is 3.67. The number of carbonyl (C=O) groups excluding carboxylic acids is 1. The van der Waals surface area contributed by atoms with Gasteiger partial charge in [-0.15, -0.1) is 0 Å². The van der Waals surface area contributed by atoms with Crippen molar-refractivity contribution in [3.8, 4) is 0 Å². The zero-order valence-electron chi connectivity index (χ0n) is 10.3. The van der Waals surface area contributed by atoms with Crippen LogP contribution in [0.4, 0.5) is 0 Å². The summed E-state index contributed by atoms with van der Waals surface area (Å²) < 4.78 is 0. The number of rotatable bonds is 3. The zero-order chi connectivity index (χ0) is 11.0. The molecule has 2 aliphatic rings. The van der Waals surface area contributed by atoms with Crippen molar-refractivity contribution >= 4 is 5.78 Å². The highest BCUT2D eigenvalue weighted by atomic mass is 16.1. The van der Waals surface area contributed by atoms with Crippen molar-refractivity contribution in [2.24, 2.45) is 29.6 Å². The molecule has 5 atom stereocenters. The van der Waals surface area contributed by atoms with Gasteiger partial charge >= 0.3 is 0 Å². The summed E-state index contributed by atoms with van der Waals surface area (Å²) >= 11 is 0. The fourth-order valence-corrected chi connectivity index (χ4v) is 3.16. The maximum atomic E-state index is 12.2. The van der Waals surface area contributed by atoms with E-state index in [1.165, 1.54) is 19.3 Å². The first-order chi connectivity index (χ1) is 7.13. The Morgan fingerprint density at radius 1 is 1.13 bits per heavy atom. The van der Waals surface area contributed by atoms with Gasteiger partial charge in [-0.1, -0.05) is 27.2 Å². The van der Waals surface area contributed by atoms with Crippen molar-refractivity contribution in [1.29, 1.82) is 0 Å². The molecule has 0 spiro atoms. The van der Waals surface area contributed by atoms with Crippen molar-refractivity contribution in [2.45, 2.75) is 52.9 Å². The lowest BCUT2D eigenvalue weighted by molar-refractivity contribution is -0.126. The fraction of sp³-hybridized carbons (Fsp3) is 0.929. The molecule has 0 saturated heterocycles. The van der Waals surface area contributed by atoms with Crippen LogP contribution in [0.2, 0.25) is 0 Å². The Balaban J connectivity index is 1.87. The van der Waals surface area contributed by atoms with E-state index in [1.54, 1.807) is 0 Å². The number of ketones is 1. The summed E-state index contributed by atoms with van der Waals surface area (Å²) in [4.78, 5) is 12.2. The SMILES string of the molecule is CCC1CC1C(=O)C1CCC(C)C(C)C1. The van der Waals surface area contributed by atoms with Gasteiger partial charge in [0.2, 0.25) is 0 Å². The van der Waals surface area contributed by atoms with Gasteiger partial charge in [0.25, 0.3) is 0 Å². The molecule has 2 rings (SSSR count). The lowest BCUT2D eigenvalue weighted by atomic mass is 9.73. The summed E-state index contributed by atoms with van der Waals surface area (Å²) in [5, 5.41) is 0. The van der Waals surface area contributed by atoms with Crippen molar-refractivity contribution in [3.05, 3.63) is 0 Å². The maximum Gasteiger partial charge on any atom is 0.139 e. The molecule has 0 heterocycles. The summed E-state index contributed by atoms with van der Waals surface area (Å²) in [6.45, 7) is 6.86. The molecule has 1 heteroatoms. The lowest BCUT2D eigenvalue weighted by Gasteiger charge is -2.31. The van der Waals surface area contributed by atoms with Crippen LogP contribution >= 0.6 is 0 Å². The Labute approximate surface area is 93.6 Å². The van der Waals surface area contributed by atoms with E-state index < -0.39 is 0 Å². The highest BCUT2D eigenvalue weighted by Crippen LogP contribution is 2.46. The van der Waals surface area contributed by atoms with Crippen LogP contribution in [0.25, 0.3) is 0 Å². The molecular formula is C14H24O. The minimum absolute atomic E-state index is 0.415. The average molecular weight is 208 g/mol. The van der Waals surface area contributed by atoms with Gasteiger partial charge in [0.05, 0.1) is 0 Å². The van der Waals surface area contributed by atoms with E-state index in [0.717, 1.165) is 30.6 Å². The highest BCUT2D eigenvalue weighted by molar-refractivity contribution is 5.86. The second kappa shape index (κ2) is 4.27. The molecule has 0 aromatic heterocycles. The zero-order valence-corrected chi connectivity index (χ0v) is 10.3. The van der Waals surface area contributed by atoms with Crippen molar-refractivity contribution in [3.63, 3.8) is 0 Å². The Hall–Kier alpha value is -0.330. The third kappa shape index (κ3) is 2.26. The normalized spacial score (nSPS) is 45.1. The van der Waals surface area contributed by atoms with E-state index >= 15 is 0 Å². The van der Waals surface area contributed by atoms with Gasteiger partial charge in [0, 0.05) is 11.8 Å². The number of hydrogen-bond acceptors (Lipinski definition) is 1. The first-order valence-electron chi connectivity index (χ1n) is 6.67. The lowest BCUT2D eigenvalue weighted by Crippen LogP contribution is -2.27. The molecule has 0 radical (unpaired) electrons. The molecule has 0 aromatic carbocycles. The van der Waals surface area contributed by atoms with Gasteiger partial charge in [-0.25, -0.2) is 0 Å². The topological polar surface area (TPSA) is 17.1 Å². The minimum atomic E-state index is 0.415. The molecule has 0 amide bonds. The summed E-state index contributed by atoms with van der Waals surface area (Å²) in [6, 6.07) is 0. The van der Waals surface area contributed by atoms with E-state index in [2.05, 4.69) is 20.8 Å². The predicted molar refractivity (Wildman–Crippen MR) is 62.6 cm³/mol. The third-order valence-corrected chi connectivity index (χ3v) is 4.81. The van der Waals surface area contributed by atoms with E-state index in [-0.39, 0.29) is 0 Å². The van der Waals surface area contributed by atoms with Crippen molar-refractivity contribution in [1.82, 2.24) is 0 Å². The number of carbonyl (C=O) groups is 1. The quantitative estimate of drug-likeness (QED) is 0.691. The van der Waals surface area contributed by atoms with Gasteiger partial charge in [-0.05, 0) is 43.4 Å². The van der Waals surface area contributed by atoms with Crippen LogP contribution in [0.1, 0.15) is 52.9 Å². The Morgan fingerprint density at radius 3 is 2.40 bits per heavy atom. The smallest absolute Gasteiger partial charge is 0.139 e. The molecule has 1 nitrogen and oxygen atoms in total. The van der Waals surface area contributed by atoms with Crippen LogP contribution in [-0.4, -0.2) is 5.78 Å². The molecule has 2 aliphatic carbocycles. The summed E-state index contributed by atoms with van der Waals surface area (Å²) in [5.41, 5.74) is 0. The number of Topliss-reactive ketones (excluding diaryl/α,β-unsaturated/α-hetero) is 1. The molecule has 2 saturated carbocycles. The van der Waals surface area contributed by atoms with E-state index in [9.17, 15) is 4.79 Å². The standard InChI is InChI=1S/C14H24O/c1-4-11-8-13(11)14(15)12-6-5-9(2)10(3)7-12/h9-13H,4-8H2,1-3H3. The maximum absolute atomic E-state index is 12.2. The molecular weight excluding hydrogens is 184 g/mol. The van der Waals surface area contributed by atoms with Crippen LogP contribution < -0.4 is 0 Å². The van der Waals surface area contributed by atoms with Gasteiger partial charge in [0.1, 0.15) is 5.78 Å². The van der Waals surface area contributed by atoms with Crippen LogP contribution in [0, 0.1) is 29.6 Å². The summed E-state index contributed by atoms with van der Waals surface area (Å²) in [7, 11) is 0. The van der Waals surface area contributed by atoms with E-state index in [0.29, 0.717) is 17.6 Å². The molecule has 86 valence electrons. The third-order valence-electron chi connectivity index (χ3n) is 4.81. The first-order valence-corrected chi connectivity index (χ1v) is 6.67. The van der Waals surface area contributed by atoms with Crippen LogP contribution in [-0.2, 0) is 4.79 Å². The van der Waals surface area contributed by atoms with Crippen LogP contribution in [0.5, 0.6) is 0 Å². The molecule has 5 unspecified atom stereocenters. The van der Waals surface area contributed by atoms with Gasteiger partial charge in [0.15, 0.2) is 0 Å². The van der Waals surface area contributed by atoms with Gasteiger partial charge < -0.3 is 0 Å². The molecule has 0 N–H and O–H groups in total. The van der Waals surface area contributed by atoms with Crippen molar-refractivity contribution < 1.29 is 4.79 Å². The second-order valence-electron chi connectivity index (χ2n) is 5.88. The minimum Gasteiger partial charge on any atom is -0.299 e. The average Bonchev–Trinajstić information content (AvgIpc) is 3.00. The second-order valence-corrected chi connectivity index (χ2v) is 5.88. The Bertz CT molecular complexity index is 246.